The summed E-state index contributed by atoms with van der Waals surface area (Å²) in [4.78, 5) is 27.0. The molecule has 1 heterocycles. The molecular formula is C14H21N3O3. The topological polar surface area (TPSA) is 105 Å². The summed E-state index contributed by atoms with van der Waals surface area (Å²) in [5.41, 5.74) is 6.57. The van der Waals surface area contributed by atoms with Crippen LogP contribution in [0.2, 0.25) is 0 Å². The average molecular weight is 279 g/mol. The number of hydrogen-bond acceptors (Lipinski definition) is 4. The fraction of sp³-hybridized carbons (Fsp3) is 0.500. The number of nitrogens with two attached hydrogens (primary N) is 1. The summed E-state index contributed by atoms with van der Waals surface area (Å²) in [6.07, 6.45) is 0.476. The number of aryl methyl sites for hydroxylation is 2. The summed E-state index contributed by atoms with van der Waals surface area (Å²) < 4.78 is 0. The first-order valence-electron chi connectivity index (χ1n) is 6.46. The predicted molar refractivity (Wildman–Crippen MR) is 76.8 cm³/mol. The zero-order valence-electron chi connectivity index (χ0n) is 12.3. The lowest BCUT2D eigenvalue weighted by Gasteiger charge is -2.24. The van der Waals surface area contributed by atoms with Crippen molar-refractivity contribution in [3.63, 3.8) is 0 Å². The highest BCUT2D eigenvalue weighted by Gasteiger charge is 2.31. The zero-order valence-corrected chi connectivity index (χ0v) is 12.3. The summed E-state index contributed by atoms with van der Waals surface area (Å²) in [5, 5.41) is 12.3. The van der Waals surface area contributed by atoms with Crippen LogP contribution in [0.4, 0.5) is 5.69 Å². The molecule has 0 radical (unpaired) electrons. The van der Waals surface area contributed by atoms with Crippen molar-refractivity contribution in [1.82, 2.24) is 4.98 Å². The van der Waals surface area contributed by atoms with Gasteiger partial charge in [0.25, 0.3) is 5.91 Å². The second kappa shape index (κ2) is 5.90. The number of carboxylic acids is 1. The molecule has 1 amide bonds. The molecule has 1 aromatic heterocycles. The number of carboxylic acid groups (broad SMARTS) is 1. The van der Waals surface area contributed by atoms with Crippen LogP contribution in [0, 0.1) is 19.3 Å². The van der Waals surface area contributed by atoms with Gasteiger partial charge in [-0.15, -0.1) is 0 Å². The van der Waals surface area contributed by atoms with Crippen LogP contribution < -0.4 is 11.1 Å². The van der Waals surface area contributed by atoms with E-state index in [0.717, 1.165) is 5.69 Å². The number of aromatic nitrogens is 1. The molecular weight excluding hydrogens is 258 g/mol. The molecule has 110 valence electrons. The number of carbonyl (C=O) groups is 2. The third-order valence-electron chi connectivity index (χ3n) is 3.54. The minimum absolute atomic E-state index is 0.210. The SMILES string of the molecule is CCC(C)(CNc1cc(C)nc(C)c1C(N)=O)C(=O)O. The monoisotopic (exact) mass is 279 g/mol. The average Bonchev–Trinajstić information content (AvgIpc) is 2.34. The molecule has 1 aromatic rings. The Morgan fingerprint density at radius 1 is 1.45 bits per heavy atom. The van der Waals surface area contributed by atoms with Crippen molar-refractivity contribution in [2.45, 2.75) is 34.1 Å². The van der Waals surface area contributed by atoms with E-state index < -0.39 is 17.3 Å². The molecule has 4 N–H and O–H groups in total. The lowest BCUT2D eigenvalue weighted by atomic mass is 9.87. The quantitative estimate of drug-likeness (QED) is 0.735. The van der Waals surface area contributed by atoms with Crippen molar-refractivity contribution < 1.29 is 14.7 Å². The Labute approximate surface area is 118 Å². The number of primary amides is 1. The van der Waals surface area contributed by atoms with Crippen LogP contribution >= 0.6 is 0 Å². The molecule has 0 aromatic carbocycles. The van der Waals surface area contributed by atoms with Crippen molar-refractivity contribution in [2.75, 3.05) is 11.9 Å². The van der Waals surface area contributed by atoms with Gasteiger partial charge in [-0.2, -0.15) is 0 Å². The van der Waals surface area contributed by atoms with Gasteiger partial charge in [0.05, 0.1) is 22.4 Å². The van der Waals surface area contributed by atoms with Gasteiger partial charge in [0.2, 0.25) is 0 Å². The Hall–Kier alpha value is -2.11. The zero-order chi connectivity index (χ0) is 15.5. The molecule has 0 fully saturated rings. The molecule has 1 unspecified atom stereocenters. The van der Waals surface area contributed by atoms with Crippen molar-refractivity contribution in [1.29, 1.82) is 0 Å². The number of aliphatic carboxylic acids is 1. The van der Waals surface area contributed by atoms with Crippen LogP contribution in [-0.2, 0) is 4.79 Å². The van der Waals surface area contributed by atoms with Gasteiger partial charge in [0.1, 0.15) is 0 Å². The molecule has 1 atom stereocenters. The molecule has 20 heavy (non-hydrogen) atoms. The van der Waals surface area contributed by atoms with E-state index in [1.165, 1.54) is 0 Å². The smallest absolute Gasteiger partial charge is 0.311 e. The minimum Gasteiger partial charge on any atom is -0.481 e. The molecule has 0 saturated carbocycles. The van der Waals surface area contributed by atoms with E-state index in [-0.39, 0.29) is 6.54 Å². The maximum Gasteiger partial charge on any atom is 0.311 e. The van der Waals surface area contributed by atoms with Crippen molar-refractivity contribution in [3.8, 4) is 0 Å². The molecule has 0 bridgehead atoms. The highest BCUT2D eigenvalue weighted by molar-refractivity contribution is 5.99. The molecule has 0 aliphatic carbocycles. The van der Waals surface area contributed by atoms with E-state index in [0.29, 0.717) is 23.4 Å². The van der Waals surface area contributed by atoms with E-state index in [4.69, 9.17) is 5.73 Å². The van der Waals surface area contributed by atoms with Crippen molar-refractivity contribution in [3.05, 3.63) is 23.0 Å². The molecule has 6 heteroatoms. The van der Waals surface area contributed by atoms with Gasteiger partial charge in [0, 0.05) is 12.2 Å². The number of nitrogens with one attached hydrogen (secondary N) is 1. The number of amides is 1. The molecule has 6 nitrogen and oxygen atoms in total. The Morgan fingerprint density at radius 2 is 2.05 bits per heavy atom. The second-order valence-corrected chi connectivity index (χ2v) is 5.21. The van der Waals surface area contributed by atoms with Gasteiger partial charge in [-0.1, -0.05) is 6.92 Å². The molecule has 0 saturated heterocycles. The van der Waals surface area contributed by atoms with Gasteiger partial charge in [-0.05, 0) is 33.3 Å². The van der Waals surface area contributed by atoms with Gasteiger partial charge >= 0.3 is 5.97 Å². The van der Waals surface area contributed by atoms with Gasteiger partial charge in [0.15, 0.2) is 0 Å². The van der Waals surface area contributed by atoms with E-state index in [2.05, 4.69) is 10.3 Å². The Balaban J connectivity index is 3.09. The lowest BCUT2D eigenvalue weighted by Crippen LogP contribution is -2.35. The summed E-state index contributed by atoms with van der Waals surface area (Å²) in [7, 11) is 0. The molecule has 0 aliphatic rings. The number of pyridine rings is 1. The first kappa shape index (κ1) is 15.9. The summed E-state index contributed by atoms with van der Waals surface area (Å²) in [6, 6.07) is 1.70. The summed E-state index contributed by atoms with van der Waals surface area (Å²) in [5.74, 6) is -1.46. The van der Waals surface area contributed by atoms with Gasteiger partial charge in [-0.25, -0.2) is 0 Å². The van der Waals surface area contributed by atoms with Gasteiger partial charge in [-0.3, -0.25) is 14.6 Å². The predicted octanol–water partition coefficient (Wildman–Crippen LogP) is 1.71. The maximum atomic E-state index is 11.5. The van der Waals surface area contributed by atoms with Crippen molar-refractivity contribution >= 4 is 17.6 Å². The third-order valence-corrected chi connectivity index (χ3v) is 3.54. The molecule has 0 aliphatic heterocycles. The largest absolute Gasteiger partial charge is 0.481 e. The van der Waals surface area contributed by atoms with Crippen molar-refractivity contribution in [2.24, 2.45) is 11.1 Å². The van der Waals surface area contributed by atoms with E-state index in [9.17, 15) is 14.7 Å². The van der Waals surface area contributed by atoms with Crippen LogP contribution in [0.3, 0.4) is 0 Å². The number of hydrogen-bond donors (Lipinski definition) is 3. The number of carbonyl (C=O) groups excluding carboxylic acids is 1. The van der Waals surface area contributed by atoms with E-state index in [1.807, 2.05) is 6.92 Å². The van der Waals surface area contributed by atoms with Crippen LogP contribution in [0.15, 0.2) is 6.07 Å². The van der Waals surface area contributed by atoms with Crippen LogP contribution in [0.5, 0.6) is 0 Å². The van der Waals surface area contributed by atoms with Crippen LogP contribution in [0.1, 0.15) is 42.0 Å². The minimum atomic E-state index is -0.903. The maximum absolute atomic E-state index is 11.5. The number of rotatable bonds is 6. The molecule has 0 spiro atoms. The summed E-state index contributed by atoms with van der Waals surface area (Å²) >= 11 is 0. The highest BCUT2D eigenvalue weighted by Crippen LogP contribution is 2.25. The normalized spacial score (nSPS) is 13.6. The molecule has 1 rings (SSSR count). The van der Waals surface area contributed by atoms with E-state index >= 15 is 0 Å². The number of anilines is 1. The Bertz CT molecular complexity index is 543. The fourth-order valence-electron chi connectivity index (χ4n) is 1.92. The number of nitrogens with zero attached hydrogens (tertiary/aromatic N) is 1. The first-order valence-corrected chi connectivity index (χ1v) is 6.46. The summed E-state index contributed by atoms with van der Waals surface area (Å²) in [6.45, 7) is 7.19. The second-order valence-electron chi connectivity index (χ2n) is 5.21. The lowest BCUT2D eigenvalue weighted by molar-refractivity contribution is -0.147. The van der Waals surface area contributed by atoms with Gasteiger partial charge < -0.3 is 16.2 Å². The Morgan fingerprint density at radius 3 is 2.50 bits per heavy atom. The first-order chi connectivity index (χ1) is 9.21. The standard InChI is InChI=1S/C14H21N3O3/c1-5-14(4,13(19)20)7-16-10-6-8(2)17-9(3)11(10)12(15)18/h6H,5,7H2,1-4H3,(H2,15,18)(H,16,17)(H,19,20). The Kier molecular flexibility index (Phi) is 4.70. The third kappa shape index (κ3) is 3.26. The van der Waals surface area contributed by atoms with Crippen LogP contribution in [-0.4, -0.2) is 28.5 Å². The van der Waals surface area contributed by atoms with E-state index in [1.54, 1.807) is 26.8 Å². The van der Waals surface area contributed by atoms with Crippen LogP contribution in [0.25, 0.3) is 0 Å². The fourth-order valence-corrected chi connectivity index (χ4v) is 1.92. The highest BCUT2D eigenvalue weighted by atomic mass is 16.4.